The topological polar surface area (TPSA) is 38.0 Å². The van der Waals surface area contributed by atoms with Crippen molar-refractivity contribution in [2.75, 3.05) is 5.32 Å². The van der Waals surface area contributed by atoms with Gasteiger partial charge in [0, 0.05) is 12.2 Å². The number of anilines is 1. The van der Waals surface area contributed by atoms with Crippen molar-refractivity contribution in [2.45, 2.75) is 6.54 Å². The lowest BCUT2D eigenvalue weighted by atomic mass is 10.1. The minimum absolute atomic E-state index is 0.0733. The van der Waals surface area contributed by atoms with E-state index in [0.717, 1.165) is 12.1 Å². The van der Waals surface area contributed by atoms with Crippen LogP contribution in [0, 0.1) is 17.5 Å². The zero-order valence-corrected chi connectivity index (χ0v) is 11.1. The Balaban J connectivity index is 2.21. The predicted octanol–water partition coefficient (Wildman–Crippen LogP) is 3.35. The van der Waals surface area contributed by atoms with E-state index in [9.17, 15) is 13.2 Å². The van der Waals surface area contributed by atoms with E-state index in [1.807, 2.05) is 0 Å². The van der Waals surface area contributed by atoms with Crippen LogP contribution in [0.2, 0.25) is 0 Å². The van der Waals surface area contributed by atoms with Crippen LogP contribution in [0.1, 0.15) is 11.1 Å². The molecule has 2 aromatic rings. The Bertz CT molecular complexity index is 659. The first-order valence-corrected chi connectivity index (χ1v) is 6.16. The van der Waals surface area contributed by atoms with Crippen LogP contribution in [0.3, 0.4) is 0 Å². The number of halogens is 3. The smallest absolute Gasteiger partial charge is 0.159 e. The van der Waals surface area contributed by atoms with Gasteiger partial charge in [0.1, 0.15) is 10.8 Å². The molecule has 2 aromatic carbocycles. The van der Waals surface area contributed by atoms with E-state index in [0.29, 0.717) is 11.3 Å². The van der Waals surface area contributed by atoms with Gasteiger partial charge in [0.2, 0.25) is 0 Å². The molecule has 6 heteroatoms. The van der Waals surface area contributed by atoms with Crippen LogP contribution in [0.5, 0.6) is 0 Å². The fraction of sp³-hybridized carbons (Fsp3) is 0.0714. The number of nitrogens with two attached hydrogens (primary N) is 1. The van der Waals surface area contributed by atoms with E-state index in [1.54, 1.807) is 6.07 Å². The van der Waals surface area contributed by atoms with Crippen LogP contribution in [-0.4, -0.2) is 4.99 Å². The van der Waals surface area contributed by atoms with Gasteiger partial charge in [-0.3, -0.25) is 0 Å². The van der Waals surface area contributed by atoms with Crippen molar-refractivity contribution in [3.8, 4) is 0 Å². The molecule has 20 heavy (non-hydrogen) atoms. The maximum absolute atomic E-state index is 13.6. The Labute approximate surface area is 119 Å². The molecule has 0 radical (unpaired) electrons. The highest BCUT2D eigenvalue weighted by Gasteiger charge is 2.11. The van der Waals surface area contributed by atoms with Crippen molar-refractivity contribution in [3.63, 3.8) is 0 Å². The SMILES string of the molecule is NC(=S)c1c(F)cccc1NCc1ccc(F)c(F)c1. The summed E-state index contributed by atoms with van der Waals surface area (Å²) in [6, 6.07) is 7.90. The minimum Gasteiger partial charge on any atom is -0.389 e. The van der Waals surface area contributed by atoms with E-state index in [2.05, 4.69) is 5.32 Å². The van der Waals surface area contributed by atoms with Crippen molar-refractivity contribution in [3.05, 3.63) is 65.0 Å². The Morgan fingerprint density at radius 3 is 2.45 bits per heavy atom. The highest BCUT2D eigenvalue weighted by Crippen LogP contribution is 2.20. The summed E-state index contributed by atoms with van der Waals surface area (Å²) >= 11 is 4.79. The zero-order chi connectivity index (χ0) is 14.7. The Kier molecular flexibility index (Phi) is 4.24. The van der Waals surface area contributed by atoms with E-state index in [-0.39, 0.29) is 17.1 Å². The fourth-order valence-electron chi connectivity index (χ4n) is 1.77. The lowest BCUT2D eigenvalue weighted by molar-refractivity contribution is 0.507. The van der Waals surface area contributed by atoms with Gasteiger partial charge in [-0.15, -0.1) is 0 Å². The van der Waals surface area contributed by atoms with Gasteiger partial charge < -0.3 is 11.1 Å². The first-order chi connectivity index (χ1) is 9.49. The second kappa shape index (κ2) is 5.92. The molecule has 0 bridgehead atoms. The third-order valence-electron chi connectivity index (χ3n) is 2.73. The minimum atomic E-state index is -0.932. The highest BCUT2D eigenvalue weighted by atomic mass is 32.1. The second-order valence-corrected chi connectivity index (χ2v) is 4.57. The molecule has 0 aliphatic heterocycles. The van der Waals surface area contributed by atoms with Gasteiger partial charge in [0.05, 0.1) is 5.56 Å². The summed E-state index contributed by atoms with van der Waals surface area (Å²) in [6.45, 7) is 0.191. The van der Waals surface area contributed by atoms with Gasteiger partial charge in [-0.05, 0) is 29.8 Å². The molecule has 0 fully saturated rings. The molecular weight excluding hydrogens is 285 g/mol. The van der Waals surface area contributed by atoms with Crippen LogP contribution >= 0.6 is 12.2 Å². The largest absolute Gasteiger partial charge is 0.389 e. The first-order valence-electron chi connectivity index (χ1n) is 5.75. The fourth-order valence-corrected chi connectivity index (χ4v) is 1.98. The predicted molar refractivity (Wildman–Crippen MR) is 76.0 cm³/mol. The number of benzene rings is 2. The number of thiocarbonyl (C=S) groups is 1. The third-order valence-corrected chi connectivity index (χ3v) is 2.93. The Morgan fingerprint density at radius 1 is 1.05 bits per heavy atom. The van der Waals surface area contributed by atoms with Crippen molar-refractivity contribution in [1.82, 2.24) is 0 Å². The highest BCUT2D eigenvalue weighted by molar-refractivity contribution is 7.80. The summed E-state index contributed by atoms with van der Waals surface area (Å²) in [5.74, 6) is -2.38. The summed E-state index contributed by atoms with van der Waals surface area (Å²) in [5, 5.41) is 2.90. The Morgan fingerprint density at radius 2 is 1.80 bits per heavy atom. The van der Waals surface area contributed by atoms with Crippen molar-refractivity contribution in [2.24, 2.45) is 5.73 Å². The quantitative estimate of drug-likeness (QED) is 0.850. The number of rotatable bonds is 4. The van der Waals surface area contributed by atoms with Crippen LogP contribution in [0.4, 0.5) is 18.9 Å². The van der Waals surface area contributed by atoms with E-state index in [1.165, 1.54) is 18.2 Å². The summed E-state index contributed by atoms with van der Waals surface area (Å²) < 4.78 is 39.5. The lowest BCUT2D eigenvalue weighted by Gasteiger charge is -2.12. The van der Waals surface area contributed by atoms with Crippen LogP contribution in [-0.2, 0) is 6.54 Å². The molecular formula is C14H11F3N2S. The van der Waals surface area contributed by atoms with E-state index >= 15 is 0 Å². The van der Waals surface area contributed by atoms with Gasteiger partial charge in [0.25, 0.3) is 0 Å². The maximum Gasteiger partial charge on any atom is 0.159 e. The second-order valence-electron chi connectivity index (χ2n) is 4.13. The number of hydrogen-bond acceptors (Lipinski definition) is 2. The lowest BCUT2D eigenvalue weighted by Crippen LogP contribution is -2.15. The van der Waals surface area contributed by atoms with Gasteiger partial charge >= 0.3 is 0 Å². The number of nitrogens with one attached hydrogen (secondary N) is 1. The van der Waals surface area contributed by atoms with Crippen molar-refractivity contribution < 1.29 is 13.2 Å². The average molecular weight is 296 g/mol. The molecule has 0 aliphatic carbocycles. The average Bonchev–Trinajstić information content (AvgIpc) is 2.39. The molecule has 0 amide bonds. The monoisotopic (exact) mass is 296 g/mol. The molecule has 3 N–H and O–H groups in total. The normalized spacial score (nSPS) is 10.3. The Hall–Kier alpha value is -2.08. The molecule has 0 saturated carbocycles. The molecule has 0 saturated heterocycles. The van der Waals surface area contributed by atoms with Crippen LogP contribution in [0.25, 0.3) is 0 Å². The molecule has 2 nitrogen and oxygen atoms in total. The summed E-state index contributed by atoms with van der Waals surface area (Å²) in [6.07, 6.45) is 0. The molecule has 0 heterocycles. The van der Waals surface area contributed by atoms with Gasteiger partial charge in [-0.2, -0.15) is 0 Å². The standard InChI is InChI=1S/C14H11F3N2S/c15-9-5-4-8(6-11(9)17)7-19-12-3-1-2-10(16)13(12)14(18)20/h1-6,19H,7H2,(H2,18,20). The summed E-state index contributed by atoms with van der Waals surface area (Å²) in [5.41, 5.74) is 6.49. The zero-order valence-electron chi connectivity index (χ0n) is 10.3. The summed E-state index contributed by atoms with van der Waals surface area (Å²) in [4.78, 5) is -0.0733. The third kappa shape index (κ3) is 3.08. The van der Waals surface area contributed by atoms with E-state index in [4.69, 9.17) is 18.0 Å². The molecule has 0 aliphatic rings. The van der Waals surface area contributed by atoms with Gasteiger partial charge in [-0.25, -0.2) is 13.2 Å². The van der Waals surface area contributed by atoms with Crippen LogP contribution in [0.15, 0.2) is 36.4 Å². The van der Waals surface area contributed by atoms with Gasteiger partial charge in [0.15, 0.2) is 11.6 Å². The van der Waals surface area contributed by atoms with Crippen molar-refractivity contribution in [1.29, 1.82) is 0 Å². The molecule has 0 unspecified atom stereocenters. The van der Waals surface area contributed by atoms with E-state index < -0.39 is 17.5 Å². The molecule has 2 rings (SSSR count). The summed E-state index contributed by atoms with van der Waals surface area (Å²) in [7, 11) is 0. The number of hydrogen-bond donors (Lipinski definition) is 2. The molecule has 0 atom stereocenters. The van der Waals surface area contributed by atoms with Crippen LogP contribution < -0.4 is 11.1 Å². The first kappa shape index (κ1) is 14.3. The molecule has 0 aromatic heterocycles. The molecule has 0 spiro atoms. The van der Waals surface area contributed by atoms with Crippen molar-refractivity contribution >= 4 is 22.9 Å². The maximum atomic E-state index is 13.6. The van der Waals surface area contributed by atoms with Gasteiger partial charge in [-0.1, -0.05) is 24.4 Å². The molecule has 104 valence electrons.